The lowest BCUT2D eigenvalue weighted by molar-refractivity contribution is -0.136. The third-order valence-corrected chi connectivity index (χ3v) is 4.01. The van der Waals surface area contributed by atoms with E-state index in [0.717, 1.165) is 0 Å². The van der Waals surface area contributed by atoms with Crippen LogP contribution in [0.2, 0.25) is 0 Å². The maximum Gasteiger partial charge on any atom is 0.151 e. The fourth-order valence-electron chi connectivity index (χ4n) is 2.52. The molecule has 136 valence electrons. The molecule has 24 heavy (non-hydrogen) atoms. The number of carbonyl (C=O) groups excluding carboxylic acids is 1. The van der Waals surface area contributed by atoms with E-state index in [2.05, 4.69) is 23.0 Å². The minimum atomic E-state index is -1.79. The Balaban J connectivity index is 0.000000240. The Morgan fingerprint density at radius 3 is 2.50 bits per heavy atom. The predicted molar refractivity (Wildman–Crippen MR) is 86.0 cm³/mol. The van der Waals surface area contributed by atoms with Gasteiger partial charge in [-0.1, -0.05) is 6.07 Å². The summed E-state index contributed by atoms with van der Waals surface area (Å²) in [4.78, 5) is 16.4. The highest BCUT2D eigenvalue weighted by Gasteiger charge is 2.29. The predicted octanol–water partition coefficient (Wildman–Crippen LogP) is -1.53. The van der Waals surface area contributed by atoms with Crippen molar-refractivity contribution in [1.29, 1.82) is 0 Å². The quantitative estimate of drug-likeness (QED) is 0.393. The molecule has 0 spiro atoms. The minimum absolute atomic E-state index is 0.0258. The Morgan fingerprint density at radius 2 is 2.04 bits per heavy atom. The van der Waals surface area contributed by atoms with Crippen LogP contribution >= 0.6 is 0 Å². The van der Waals surface area contributed by atoms with Gasteiger partial charge in [0.05, 0.1) is 6.61 Å². The molecule has 1 saturated heterocycles. The van der Waals surface area contributed by atoms with Crippen LogP contribution in [-0.2, 0) is 4.79 Å². The fraction of sp³-hybridized carbons (Fsp3) is 0.625. The monoisotopic (exact) mass is 342 g/mol. The van der Waals surface area contributed by atoms with Crippen LogP contribution in [0.4, 0.5) is 0 Å². The van der Waals surface area contributed by atoms with Crippen molar-refractivity contribution in [2.45, 2.75) is 43.3 Å². The van der Waals surface area contributed by atoms with Crippen molar-refractivity contribution in [2.24, 2.45) is 0 Å². The van der Waals surface area contributed by atoms with Gasteiger partial charge in [-0.3, -0.25) is 9.88 Å². The van der Waals surface area contributed by atoms with Gasteiger partial charge in [-0.2, -0.15) is 0 Å². The second-order valence-corrected chi connectivity index (χ2v) is 5.78. The van der Waals surface area contributed by atoms with Gasteiger partial charge in [0, 0.05) is 18.4 Å². The van der Waals surface area contributed by atoms with E-state index < -0.39 is 31.0 Å². The first-order valence-electron chi connectivity index (χ1n) is 7.81. The highest BCUT2D eigenvalue weighted by molar-refractivity contribution is 5.56. The molecule has 8 nitrogen and oxygen atoms in total. The van der Waals surface area contributed by atoms with Gasteiger partial charge in [0.2, 0.25) is 0 Å². The van der Waals surface area contributed by atoms with E-state index in [4.69, 9.17) is 25.5 Å². The molecule has 2 rings (SSSR count). The maximum absolute atomic E-state index is 9.90. The zero-order valence-corrected chi connectivity index (χ0v) is 13.6. The first-order chi connectivity index (χ1) is 11.4. The van der Waals surface area contributed by atoms with Gasteiger partial charge < -0.3 is 30.3 Å². The smallest absolute Gasteiger partial charge is 0.151 e. The number of carbonyl (C=O) groups is 1. The Bertz CT molecular complexity index is 475. The third-order valence-electron chi connectivity index (χ3n) is 4.01. The molecule has 0 aromatic carbocycles. The summed E-state index contributed by atoms with van der Waals surface area (Å²) in [7, 11) is 2.19. The fourth-order valence-corrected chi connectivity index (χ4v) is 2.52. The Labute approximate surface area is 141 Å². The van der Waals surface area contributed by atoms with Crippen molar-refractivity contribution < 1.29 is 30.3 Å². The number of hydrogen-bond donors (Lipinski definition) is 5. The molecule has 5 N–H and O–H groups in total. The molecule has 5 atom stereocenters. The second kappa shape index (κ2) is 10.4. The van der Waals surface area contributed by atoms with Crippen molar-refractivity contribution >= 4 is 6.29 Å². The molecular formula is C16H26N2O6. The second-order valence-electron chi connectivity index (χ2n) is 5.78. The van der Waals surface area contributed by atoms with E-state index in [-0.39, 0.29) is 6.29 Å². The minimum Gasteiger partial charge on any atom is -0.394 e. The number of aliphatic hydroxyl groups is 5. The number of hydrogen-bond acceptors (Lipinski definition) is 8. The summed E-state index contributed by atoms with van der Waals surface area (Å²) in [6, 6.07) is 4.79. The van der Waals surface area contributed by atoms with E-state index in [1.54, 1.807) is 0 Å². The SMILES string of the molecule is CN1CCCC1c1cccnc1.O=C[C@H](O)[C@@H](O)[C@H](O)[C@H](O)CO. The summed E-state index contributed by atoms with van der Waals surface area (Å²) >= 11 is 0. The van der Waals surface area contributed by atoms with E-state index >= 15 is 0 Å². The highest BCUT2D eigenvalue weighted by Crippen LogP contribution is 2.29. The number of rotatable bonds is 6. The zero-order valence-electron chi connectivity index (χ0n) is 13.6. The lowest BCUT2D eigenvalue weighted by atomic mass is 10.0. The third kappa shape index (κ3) is 5.90. The number of likely N-dealkylation sites (tertiary alicyclic amines) is 1. The van der Waals surface area contributed by atoms with E-state index in [1.807, 2.05) is 18.5 Å². The Morgan fingerprint density at radius 1 is 1.33 bits per heavy atom. The molecule has 0 aliphatic carbocycles. The van der Waals surface area contributed by atoms with E-state index in [9.17, 15) is 4.79 Å². The summed E-state index contributed by atoms with van der Waals surface area (Å²) in [6.07, 6.45) is -0.433. The molecule has 1 unspecified atom stereocenters. The zero-order chi connectivity index (χ0) is 18.1. The number of pyridine rings is 1. The largest absolute Gasteiger partial charge is 0.394 e. The average molecular weight is 342 g/mol. The van der Waals surface area contributed by atoms with Gasteiger partial charge >= 0.3 is 0 Å². The summed E-state index contributed by atoms with van der Waals surface area (Å²) in [5.41, 5.74) is 1.36. The molecule has 8 heteroatoms. The molecular weight excluding hydrogens is 316 g/mol. The van der Waals surface area contributed by atoms with Crippen LogP contribution in [0.15, 0.2) is 24.5 Å². The van der Waals surface area contributed by atoms with Gasteiger partial charge in [0.15, 0.2) is 6.29 Å². The Kier molecular flexibility index (Phi) is 8.98. The highest BCUT2D eigenvalue weighted by atomic mass is 16.4. The topological polar surface area (TPSA) is 134 Å². The normalized spacial score (nSPS) is 22.8. The molecule has 1 aliphatic heterocycles. The van der Waals surface area contributed by atoms with Gasteiger partial charge in [-0.05, 0) is 38.1 Å². The molecule has 0 saturated carbocycles. The molecule has 0 radical (unpaired) electrons. The van der Waals surface area contributed by atoms with E-state index in [1.165, 1.54) is 24.9 Å². The van der Waals surface area contributed by atoms with Crippen LogP contribution in [0.3, 0.4) is 0 Å². The van der Waals surface area contributed by atoms with Crippen molar-refractivity contribution in [1.82, 2.24) is 9.88 Å². The van der Waals surface area contributed by atoms with Crippen molar-refractivity contribution in [3.8, 4) is 0 Å². The van der Waals surface area contributed by atoms with Crippen LogP contribution in [-0.4, -0.2) is 86.3 Å². The van der Waals surface area contributed by atoms with Crippen molar-refractivity contribution in [3.05, 3.63) is 30.1 Å². The van der Waals surface area contributed by atoms with Gasteiger partial charge in [-0.15, -0.1) is 0 Å². The van der Waals surface area contributed by atoms with E-state index in [0.29, 0.717) is 6.04 Å². The van der Waals surface area contributed by atoms with Crippen LogP contribution in [0, 0.1) is 0 Å². The lowest BCUT2D eigenvalue weighted by Crippen LogP contribution is -2.46. The van der Waals surface area contributed by atoms with Crippen molar-refractivity contribution in [2.75, 3.05) is 20.2 Å². The molecule has 0 amide bonds. The number of aliphatic hydroxyl groups excluding tert-OH is 5. The molecule has 2 heterocycles. The van der Waals surface area contributed by atoms with Gasteiger partial charge in [-0.25, -0.2) is 0 Å². The average Bonchev–Trinajstić information content (AvgIpc) is 3.06. The van der Waals surface area contributed by atoms with Crippen LogP contribution in [0.5, 0.6) is 0 Å². The molecule has 0 bridgehead atoms. The lowest BCUT2D eigenvalue weighted by Gasteiger charge is -2.22. The number of aldehydes is 1. The maximum atomic E-state index is 9.90. The number of nitrogens with zero attached hydrogens (tertiary/aromatic N) is 2. The Hall–Kier alpha value is -1.42. The first-order valence-corrected chi connectivity index (χ1v) is 7.81. The summed E-state index contributed by atoms with van der Waals surface area (Å²) < 4.78 is 0. The van der Waals surface area contributed by atoms with Crippen molar-refractivity contribution in [3.63, 3.8) is 0 Å². The first kappa shape index (κ1) is 20.6. The van der Waals surface area contributed by atoms with Crippen LogP contribution < -0.4 is 0 Å². The molecule has 1 aromatic heterocycles. The van der Waals surface area contributed by atoms with Crippen LogP contribution in [0.25, 0.3) is 0 Å². The summed E-state index contributed by atoms with van der Waals surface area (Å²) in [5.74, 6) is 0. The standard InChI is InChI=1S/C10H14N2.C6H12O6/c1-12-7-3-5-10(12)9-4-2-6-11-8-9;7-1-3(9)5(11)6(12)4(10)2-8/h2,4,6,8,10H,3,5,7H2,1H3;1,3-6,8-12H,2H2/t;3-,4+,5+,6+/m.0/s1. The van der Waals surface area contributed by atoms with Gasteiger partial charge in [0.1, 0.15) is 24.4 Å². The molecule has 1 fully saturated rings. The summed E-state index contributed by atoms with van der Waals surface area (Å²) in [6.45, 7) is 0.462. The van der Waals surface area contributed by atoms with Gasteiger partial charge in [0.25, 0.3) is 0 Å². The molecule has 1 aromatic rings. The van der Waals surface area contributed by atoms with Crippen LogP contribution in [0.1, 0.15) is 24.4 Å². The summed E-state index contributed by atoms with van der Waals surface area (Å²) in [5, 5.41) is 43.5. The number of aromatic nitrogens is 1. The molecule has 1 aliphatic rings.